The van der Waals surface area contributed by atoms with E-state index >= 15 is 0 Å². The second-order valence-electron chi connectivity index (χ2n) is 4.80. The molecule has 2 radical (unpaired) electrons. The van der Waals surface area contributed by atoms with Gasteiger partial charge in [-0.3, -0.25) is 0 Å². The smallest absolute Gasteiger partial charge is 0.115 e. The van der Waals surface area contributed by atoms with Crippen molar-refractivity contribution < 1.29 is 0 Å². The highest BCUT2D eigenvalue weighted by Crippen LogP contribution is 2.20. The number of unbranched alkanes of at least 4 members (excludes halogenated alkanes) is 6. The second-order valence-corrected chi connectivity index (χ2v) is 5.27. The molecule has 0 aromatic heterocycles. The van der Waals surface area contributed by atoms with E-state index in [0.29, 0.717) is 0 Å². The molecular weight excluding hydrogens is 195 g/mol. The molecule has 1 unspecified atom stereocenters. The molecule has 0 aromatic carbocycles. The lowest BCUT2D eigenvalue weighted by atomic mass is 9.96. The monoisotopic (exact) mass is 224 g/mol. The van der Waals surface area contributed by atoms with Crippen molar-refractivity contribution in [3.8, 4) is 0 Å². The van der Waals surface area contributed by atoms with E-state index in [-0.39, 0.29) is 0 Å². The molecule has 0 fully saturated rings. The van der Waals surface area contributed by atoms with Crippen molar-refractivity contribution in [1.29, 1.82) is 0 Å². The Balaban J connectivity index is 3.28. The fourth-order valence-corrected chi connectivity index (χ4v) is 2.57. The van der Waals surface area contributed by atoms with Crippen molar-refractivity contribution in [1.82, 2.24) is 0 Å². The van der Waals surface area contributed by atoms with Gasteiger partial charge in [0.05, 0.1) is 0 Å². The molecule has 0 nitrogen and oxygen atoms in total. The van der Waals surface area contributed by atoms with E-state index in [9.17, 15) is 0 Å². The highest BCUT2D eigenvalue weighted by molar-refractivity contribution is 6.08. The zero-order valence-corrected chi connectivity index (χ0v) is 12.1. The minimum absolute atomic E-state index is 0.989. The molecule has 0 heterocycles. The summed E-state index contributed by atoms with van der Waals surface area (Å²) in [7, 11) is 0. The molecule has 0 aromatic rings. The molecule has 15 heavy (non-hydrogen) atoms. The molecule has 0 N–H and O–H groups in total. The Bertz CT molecular complexity index is 112. The van der Waals surface area contributed by atoms with Crippen LogP contribution in [0, 0.1) is 5.92 Å². The molecule has 0 spiro atoms. The average Bonchev–Trinajstić information content (AvgIpc) is 2.26. The van der Waals surface area contributed by atoms with Gasteiger partial charge in [-0.25, -0.2) is 0 Å². The van der Waals surface area contributed by atoms with Gasteiger partial charge in [-0.1, -0.05) is 84.0 Å². The third-order valence-corrected chi connectivity index (χ3v) is 3.93. The highest BCUT2D eigenvalue weighted by Gasteiger charge is 2.04. The third-order valence-electron chi connectivity index (χ3n) is 3.27. The van der Waals surface area contributed by atoms with Gasteiger partial charge in [0, 0.05) is 0 Å². The third kappa shape index (κ3) is 10.8. The first-order chi connectivity index (χ1) is 7.35. The molecule has 0 saturated heterocycles. The van der Waals surface area contributed by atoms with Crippen LogP contribution in [0.1, 0.15) is 78.1 Å². The van der Waals surface area contributed by atoms with Crippen LogP contribution in [0.15, 0.2) is 0 Å². The Morgan fingerprint density at radius 2 is 1.20 bits per heavy atom. The fraction of sp³-hybridized carbons (Fsp3) is 1.00. The predicted molar refractivity (Wildman–Crippen MR) is 71.6 cm³/mol. The van der Waals surface area contributed by atoms with Crippen LogP contribution in [-0.4, -0.2) is 16.3 Å². The zero-order chi connectivity index (χ0) is 11.4. The maximum absolute atomic E-state index is 2.94. The lowest BCUT2D eigenvalue weighted by Crippen LogP contribution is -1.99. The van der Waals surface area contributed by atoms with Crippen LogP contribution in [0.2, 0.25) is 5.28 Å². The van der Waals surface area contributed by atoms with E-state index in [0.717, 1.165) is 5.92 Å². The summed E-state index contributed by atoms with van der Waals surface area (Å²) >= 11 is 2.94. The minimum atomic E-state index is 0.989. The Morgan fingerprint density at radius 3 is 1.73 bits per heavy atom. The summed E-state index contributed by atoms with van der Waals surface area (Å²) in [6, 6.07) is 0. The van der Waals surface area contributed by atoms with Crippen molar-refractivity contribution in [3.05, 3.63) is 0 Å². The van der Waals surface area contributed by atoms with Gasteiger partial charge in [-0.2, -0.15) is 0 Å². The van der Waals surface area contributed by atoms with Gasteiger partial charge in [0.25, 0.3) is 0 Å². The Morgan fingerprint density at radius 1 is 0.733 bits per heavy atom. The lowest BCUT2D eigenvalue weighted by molar-refractivity contribution is 0.438. The van der Waals surface area contributed by atoms with Crippen LogP contribution in [0.25, 0.3) is 0 Å². The van der Waals surface area contributed by atoms with E-state index in [2.05, 4.69) is 30.1 Å². The molecule has 0 aliphatic carbocycles. The molecule has 0 saturated carbocycles. The number of hydrogen-bond donors (Lipinski definition) is 0. The molecule has 88 valence electrons. The van der Waals surface area contributed by atoms with E-state index in [1.165, 1.54) is 69.5 Å². The average molecular weight is 224 g/mol. The van der Waals surface area contributed by atoms with Crippen LogP contribution in [-0.2, 0) is 0 Å². The second kappa shape index (κ2) is 12.6. The summed E-state index contributed by atoms with van der Waals surface area (Å²) in [6.07, 6.45) is 14.3. The summed E-state index contributed by atoms with van der Waals surface area (Å²) in [5.74, 6) is 0.989. The van der Waals surface area contributed by atoms with Gasteiger partial charge < -0.3 is 0 Å². The fourth-order valence-electron chi connectivity index (χ4n) is 2.10. The molecule has 1 atom stereocenters. The lowest BCUT2D eigenvalue weighted by Gasteiger charge is -2.14. The standard InChI is InChI=1S/C14H29.Al/c1-4-6-8-9-11-13-14(3)12-10-7-5-2;/h14H,3-13H2,1-2H3;. The summed E-state index contributed by atoms with van der Waals surface area (Å²) in [5.41, 5.74) is 0. The Hall–Kier alpha value is 0.532. The van der Waals surface area contributed by atoms with Crippen LogP contribution < -0.4 is 0 Å². The molecule has 1 heteroatoms. The maximum Gasteiger partial charge on any atom is 0.118 e. The van der Waals surface area contributed by atoms with E-state index < -0.39 is 0 Å². The Labute approximate surface area is 106 Å². The normalized spacial score (nSPS) is 12.9. The van der Waals surface area contributed by atoms with Crippen molar-refractivity contribution in [3.63, 3.8) is 0 Å². The van der Waals surface area contributed by atoms with Crippen LogP contribution in [0.3, 0.4) is 0 Å². The van der Waals surface area contributed by atoms with Crippen molar-refractivity contribution in [2.24, 2.45) is 5.92 Å². The molecule has 0 amide bonds. The summed E-state index contributed by atoms with van der Waals surface area (Å²) in [5, 5.41) is 1.32. The van der Waals surface area contributed by atoms with Crippen molar-refractivity contribution in [2.75, 3.05) is 0 Å². The van der Waals surface area contributed by atoms with Gasteiger partial charge in [0.1, 0.15) is 16.3 Å². The quantitative estimate of drug-likeness (QED) is 0.337. The zero-order valence-electron chi connectivity index (χ0n) is 10.9. The first-order valence-electron chi connectivity index (χ1n) is 7.05. The first kappa shape index (κ1) is 15.5. The van der Waals surface area contributed by atoms with Crippen molar-refractivity contribution in [2.45, 2.75) is 83.3 Å². The van der Waals surface area contributed by atoms with Gasteiger partial charge in [0.15, 0.2) is 0 Å². The summed E-state index contributed by atoms with van der Waals surface area (Å²) < 4.78 is 0. The number of rotatable bonds is 11. The molecular formula is C14H29Al. The van der Waals surface area contributed by atoms with Crippen LogP contribution in [0.5, 0.6) is 0 Å². The van der Waals surface area contributed by atoms with Crippen LogP contribution in [0.4, 0.5) is 0 Å². The maximum atomic E-state index is 2.94. The van der Waals surface area contributed by atoms with Gasteiger partial charge >= 0.3 is 0 Å². The molecule has 0 aliphatic heterocycles. The largest absolute Gasteiger partial charge is 0.118 e. The van der Waals surface area contributed by atoms with Gasteiger partial charge in [0.2, 0.25) is 0 Å². The van der Waals surface area contributed by atoms with Crippen molar-refractivity contribution >= 4 is 16.3 Å². The summed E-state index contributed by atoms with van der Waals surface area (Å²) in [6.45, 7) is 4.58. The number of hydrogen-bond acceptors (Lipinski definition) is 0. The van der Waals surface area contributed by atoms with E-state index in [4.69, 9.17) is 0 Å². The predicted octanol–water partition coefficient (Wildman–Crippen LogP) is 5.13. The van der Waals surface area contributed by atoms with Crippen LogP contribution >= 0.6 is 0 Å². The molecule has 0 bridgehead atoms. The van der Waals surface area contributed by atoms with E-state index in [1.54, 1.807) is 0 Å². The topological polar surface area (TPSA) is 0 Å². The van der Waals surface area contributed by atoms with E-state index in [1.807, 2.05) is 0 Å². The molecule has 0 aliphatic rings. The minimum Gasteiger partial charge on any atom is -0.115 e. The van der Waals surface area contributed by atoms with Gasteiger partial charge in [-0.15, -0.1) is 5.28 Å². The molecule has 0 rings (SSSR count). The Kier molecular flexibility index (Phi) is 13.0. The SMILES string of the molecule is CCCCCCCC([CH2][Al])CCCCC. The summed E-state index contributed by atoms with van der Waals surface area (Å²) in [4.78, 5) is 0. The first-order valence-corrected chi connectivity index (χ1v) is 7.86. The highest BCUT2D eigenvalue weighted by atomic mass is 27.0. The van der Waals surface area contributed by atoms with Gasteiger partial charge in [-0.05, 0) is 0 Å².